The third-order valence-corrected chi connectivity index (χ3v) is 16.4. The Hall–Kier alpha value is -7.35. The van der Waals surface area contributed by atoms with Gasteiger partial charge in [0, 0.05) is 61.4 Å². The van der Waals surface area contributed by atoms with Gasteiger partial charge >= 0.3 is 5.97 Å². The Bertz CT molecular complexity index is 3290. The Labute approximate surface area is 449 Å². The number of likely N-dealkylation sites (tertiary alicyclic amines) is 1. The summed E-state index contributed by atoms with van der Waals surface area (Å²) in [4.78, 5) is 86.2. The Morgan fingerprint density at radius 3 is 2.38 bits per heavy atom. The van der Waals surface area contributed by atoms with Gasteiger partial charge in [-0.25, -0.2) is 19.7 Å². The number of carbonyl (C=O) groups excluding carboxylic acids is 4. The largest absolute Gasteiger partial charge is 0.476 e. The maximum atomic E-state index is 14.3. The van der Waals surface area contributed by atoms with E-state index >= 15 is 0 Å². The summed E-state index contributed by atoms with van der Waals surface area (Å²) in [5.41, 5.74) is 9.78. The van der Waals surface area contributed by atoms with Crippen LogP contribution >= 0.6 is 22.7 Å². The highest BCUT2D eigenvalue weighted by molar-refractivity contribution is 7.22. The lowest BCUT2D eigenvalue weighted by atomic mass is 9.85. The molecule has 19 heteroatoms. The number of aromatic carboxylic acids is 1. The number of β-amino-alcohol motifs (C(OH)–C–C–N with tert-alkyl or cyclic N) is 1. The number of aromatic nitrogens is 5. The van der Waals surface area contributed by atoms with Crippen LogP contribution < -0.4 is 20.9 Å². The molecule has 3 aromatic carbocycles. The number of fused-ring (bicyclic) bond motifs is 2. The topological polar surface area (TPSA) is 225 Å². The molecule has 4 atom stereocenters. The lowest BCUT2D eigenvalue weighted by Crippen LogP contribution is -2.57. The molecule has 0 spiro atoms. The molecule has 396 valence electrons. The van der Waals surface area contributed by atoms with Gasteiger partial charge in [-0.15, -0.1) is 11.3 Å². The van der Waals surface area contributed by atoms with Crippen LogP contribution in [0.15, 0.2) is 84.4 Å². The number of para-hydroxylation sites is 1. The number of hydrogen-bond donors (Lipinski definition) is 5. The number of nitrogens with zero attached hydrogens (tertiary/aromatic N) is 7. The summed E-state index contributed by atoms with van der Waals surface area (Å²) in [7, 11) is 0. The fraction of sp³-hybridized carbons (Fsp3) is 0.386. The molecule has 17 nitrogen and oxygen atoms in total. The molecule has 7 aromatic rings. The molecular formula is C57H64N10O7S2. The van der Waals surface area contributed by atoms with E-state index in [2.05, 4.69) is 25.9 Å². The van der Waals surface area contributed by atoms with Crippen molar-refractivity contribution < 1.29 is 34.2 Å². The minimum absolute atomic E-state index is 0.0186. The smallest absolute Gasteiger partial charge is 0.355 e. The van der Waals surface area contributed by atoms with E-state index in [1.807, 2.05) is 130 Å². The molecule has 0 saturated carbocycles. The number of carboxylic acid groups (broad SMARTS) is 1. The number of pyridine rings is 1. The van der Waals surface area contributed by atoms with Gasteiger partial charge < -0.3 is 30.6 Å². The van der Waals surface area contributed by atoms with Gasteiger partial charge in [-0.1, -0.05) is 87.1 Å². The van der Waals surface area contributed by atoms with Gasteiger partial charge in [0.05, 0.1) is 44.1 Å². The minimum atomic E-state index is -1.17. The molecule has 2 aliphatic heterocycles. The molecule has 6 heterocycles. The number of anilines is 2. The molecule has 4 amide bonds. The maximum Gasteiger partial charge on any atom is 0.355 e. The van der Waals surface area contributed by atoms with Gasteiger partial charge in [0.25, 0.3) is 5.91 Å². The van der Waals surface area contributed by atoms with Crippen molar-refractivity contribution in [1.29, 1.82) is 0 Å². The van der Waals surface area contributed by atoms with E-state index < -0.39 is 35.5 Å². The predicted molar refractivity (Wildman–Crippen MR) is 295 cm³/mol. The van der Waals surface area contributed by atoms with Crippen molar-refractivity contribution >= 4 is 73.4 Å². The monoisotopic (exact) mass is 1060 g/mol. The van der Waals surface area contributed by atoms with Gasteiger partial charge in [0.15, 0.2) is 10.8 Å². The molecule has 4 aromatic heterocycles. The Kier molecular flexibility index (Phi) is 15.8. The second-order valence-corrected chi connectivity index (χ2v) is 22.8. The van der Waals surface area contributed by atoms with Crippen molar-refractivity contribution in [2.24, 2.45) is 5.41 Å². The zero-order valence-corrected chi connectivity index (χ0v) is 45.5. The molecule has 5 N–H and O–H groups in total. The molecule has 4 unspecified atom stereocenters. The normalized spacial score (nSPS) is 16.3. The molecule has 9 rings (SSSR count). The van der Waals surface area contributed by atoms with Crippen LogP contribution in [0.2, 0.25) is 0 Å². The average molecular weight is 1070 g/mol. The highest BCUT2D eigenvalue weighted by atomic mass is 32.1. The number of aliphatic hydroxyl groups is 1. The van der Waals surface area contributed by atoms with Gasteiger partial charge in [-0.3, -0.25) is 29.2 Å². The van der Waals surface area contributed by atoms with Crippen molar-refractivity contribution in [2.45, 2.75) is 124 Å². The summed E-state index contributed by atoms with van der Waals surface area (Å²) in [6.45, 7) is 14.7. The number of hydrogen-bond acceptors (Lipinski definition) is 13. The first-order chi connectivity index (χ1) is 36.3. The summed E-state index contributed by atoms with van der Waals surface area (Å²) >= 11 is 2.98. The van der Waals surface area contributed by atoms with Crippen LogP contribution in [0.4, 0.5) is 10.9 Å². The number of carboxylic acids is 1. The molecule has 1 saturated heterocycles. The van der Waals surface area contributed by atoms with Crippen LogP contribution in [0, 0.1) is 26.2 Å². The van der Waals surface area contributed by atoms with Crippen LogP contribution in [0.1, 0.15) is 120 Å². The molecule has 0 bridgehead atoms. The molecule has 2 aliphatic rings. The van der Waals surface area contributed by atoms with E-state index in [-0.39, 0.29) is 48.8 Å². The molecule has 76 heavy (non-hydrogen) atoms. The summed E-state index contributed by atoms with van der Waals surface area (Å²) in [6.07, 6.45) is 1.94. The second-order valence-electron chi connectivity index (χ2n) is 20.9. The number of aliphatic hydroxyl groups excluding tert-OH is 1. The van der Waals surface area contributed by atoms with Crippen molar-refractivity contribution in [1.82, 2.24) is 40.3 Å². The zero-order chi connectivity index (χ0) is 54.0. The van der Waals surface area contributed by atoms with Gasteiger partial charge in [0.2, 0.25) is 17.7 Å². The fourth-order valence-electron chi connectivity index (χ4n) is 10.3. The van der Waals surface area contributed by atoms with Crippen LogP contribution in [-0.2, 0) is 33.9 Å². The van der Waals surface area contributed by atoms with Crippen molar-refractivity contribution in [3.63, 3.8) is 0 Å². The van der Waals surface area contributed by atoms with E-state index in [9.17, 15) is 34.2 Å². The zero-order valence-electron chi connectivity index (χ0n) is 43.8. The van der Waals surface area contributed by atoms with Crippen LogP contribution in [0.25, 0.3) is 31.8 Å². The van der Waals surface area contributed by atoms with Gasteiger partial charge in [-0.05, 0) is 105 Å². The van der Waals surface area contributed by atoms with Crippen LogP contribution in [-0.4, -0.2) is 101 Å². The van der Waals surface area contributed by atoms with Crippen molar-refractivity contribution in [3.05, 3.63) is 129 Å². The standard InChI is InChI=1S/C57H64N10O7S2/c1-32(36-19-21-38(22-20-36)50-34(3)58-31-75-50)59-53(71)44-28-39(68)29-66(44)54(72)51(57(5,6)7)62-47(69)18-9-8-12-26-67-35(4)48(33(2)64-67)41-23-24-46(61-49(41)55(73)74)65-27-25-37-14-13-15-40(42(37)30-65)52(70)63-56-60-43-16-10-11-17-45(43)76-56/h10-11,13-17,19-24,31-32,39,44,51,68H,8-9,12,18,25-30H2,1-7H3,(H,59,71)(H,62,69)(H,73,74)(H,60,63,70). The first kappa shape index (κ1) is 53.5. The van der Waals surface area contributed by atoms with E-state index in [1.54, 1.807) is 23.5 Å². The summed E-state index contributed by atoms with van der Waals surface area (Å²) in [5.74, 6) is -2.01. The number of rotatable bonds is 17. The Balaban J connectivity index is 0.787. The Morgan fingerprint density at radius 2 is 1.66 bits per heavy atom. The summed E-state index contributed by atoms with van der Waals surface area (Å²) < 4.78 is 2.84. The first-order valence-electron chi connectivity index (χ1n) is 25.7. The number of aryl methyl sites for hydroxylation is 3. The quantitative estimate of drug-likeness (QED) is 0.0539. The average Bonchev–Trinajstić information content (AvgIpc) is 4.21. The van der Waals surface area contributed by atoms with E-state index in [1.165, 1.54) is 16.2 Å². The van der Waals surface area contributed by atoms with E-state index in [4.69, 9.17) is 10.1 Å². The molecule has 0 aliphatic carbocycles. The number of carbonyl (C=O) groups is 5. The number of amides is 4. The van der Waals surface area contributed by atoms with Crippen LogP contribution in [0.5, 0.6) is 0 Å². The third-order valence-electron chi connectivity index (χ3n) is 14.4. The van der Waals surface area contributed by atoms with Gasteiger partial charge in [-0.2, -0.15) is 5.10 Å². The highest BCUT2D eigenvalue weighted by Gasteiger charge is 2.45. The third kappa shape index (κ3) is 11.6. The SMILES string of the molecule is Cc1ncsc1-c1ccc(C(C)NC(=O)C2CC(O)CN2C(=O)C(NC(=O)CCCCCn2nc(C)c(-c3ccc(N4CCc5cccc(C(=O)Nc6nc7ccccc7s6)c5C4)nc3C(=O)O)c2C)C(C)(C)C)cc1. The van der Waals surface area contributed by atoms with E-state index in [0.29, 0.717) is 78.7 Å². The van der Waals surface area contributed by atoms with E-state index in [0.717, 1.165) is 48.7 Å². The first-order valence-corrected chi connectivity index (χ1v) is 27.4. The molecular weight excluding hydrogens is 1000 g/mol. The van der Waals surface area contributed by atoms with Crippen LogP contribution in [0.3, 0.4) is 0 Å². The maximum absolute atomic E-state index is 14.3. The number of benzene rings is 3. The van der Waals surface area contributed by atoms with Gasteiger partial charge in [0.1, 0.15) is 17.9 Å². The number of nitrogens with one attached hydrogen (secondary N) is 3. The summed E-state index contributed by atoms with van der Waals surface area (Å²) in [5, 5.41) is 35.6. The minimum Gasteiger partial charge on any atom is -0.476 e. The number of unbranched alkanes of at least 4 members (excludes halogenated alkanes) is 2. The number of thiazole rings is 2. The molecule has 1 fully saturated rings. The highest BCUT2D eigenvalue weighted by Crippen LogP contribution is 2.35. The molecule has 0 radical (unpaired) electrons. The lowest BCUT2D eigenvalue weighted by Gasteiger charge is -2.35. The Morgan fingerprint density at radius 1 is 0.882 bits per heavy atom. The fourth-order valence-corrected chi connectivity index (χ4v) is 12.0. The lowest BCUT2D eigenvalue weighted by molar-refractivity contribution is -0.144. The second kappa shape index (κ2) is 22.5. The van der Waals surface area contributed by atoms with Crippen molar-refractivity contribution in [3.8, 4) is 21.6 Å². The predicted octanol–water partition coefficient (Wildman–Crippen LogP) is 9.05. The summed E-state index contributed by atoms with van der Waals surface area (Å²) in [6, 6.07) is 22.8. The van der Waals surface area contributed by atoms with Crippen molar-refractivity contribution in [2.75, 3.05) is 23.3 Å².